The smallest absolute Gasteiger partial charge is 0.132 e. The first-order valence-corrected chi connectivity index (χ1v) is 9.57. The standard InChI is InChI=1S/C24H25N3/c1-3-16(2)17-11-13-19(14-12-17)27-24(25)21-9-6-10-22-23(21)20-8-5-4-7-18(20)15-26-22/h4-14,16,26H,3,15H2,1-2H3,(H2,25,27). The van der Waals surface area contributed by atoms with Crippen LogP contribution in [0.5, 0.6) is 0 Å². The Balaban J connectivity index is 1.74. The van der Waals surface area contributed by atoms with Gasteiger partial charge in [-0.05, 0) is 47.2 Å². The van der Waals surface area contributed by atoms with E-state index in [-0.39, 0.29) is 0 Å². The van der Waals surface area contributed by atoms with E-state index in [1.807, 2.05) is 6.07 Å². The fourth-order valence-electron chi connectivity index (χ4n) is 3.62. The number of nitrogens with one attached hydrogen (secondary N) is 1. The number of nitrogens with zero attached hydrogens (tertiary/aromatic N) is 1. The SMILES string of the molecule is CCC(C)c1ccc(N=C(N)c2cccc3c2-c2ccccc2CN3)cc1. The lowest BCUT2D eigenvalue weighted by atomic mass is 9.90. The minimum absolute atomic E-state index is 0.543. The number of anilines is 1. The Labute approximate surface area is 161 Å². The molecule has 4 rings (SSSR count). The van der Waals surface area contributed by atoms with E-state index >= 15 is 0 Å². The summed E-state index contributed by atoms with van der Waals surface area (Å²) < 4.78 is 0. The first kappa shape index (κ1) is 17.3. The van der Waals surface area contributed by atoms with Crippen molar-refractivity contribution in [2.24, 2.45) is 10.7 Å². The number of nitrogens with two attached hydrogens (primary N) is 1. The Hall–Kier alpha value is -3.07. The van der Waals surface area contributed by atoms with E-state index in [4.69, 9.17) is 10.7 Å². The van der Waals surface area contributed by atoms with E-state index in [1.54, 1.807) is 0 Å². The summed E-state index contributed by atoms with van der Waals surface area (Å²) >= 11 is 0. The van der Waals surface area contributed by atoms with Gasteiger partial charge in [0.15, 0.2) is 0 Å². The lowest BCUT2D eigenvalue weighted by Gasteiger charge is -2.24. The molecule has 0 aliphatic carbocycles. The molecular weight excluding hydrogens is 330 g/mol. The molecule has 136 valence electrons. The highest BCUT2D eigenvalue weighted by atomic mass is 14.9. The van der Waals surface area contributed by atoms with Gasteiger partial charge in [-0.15, -0.1) is 0 Å². The van der Waals surface area contributed by atoms with Crippen LogP contribution in [-0.2, 0) is 6.54 Å². The molecule has 1 unspecified atom stereocenters. The molecule has 0 saturated carbocycles. The summed E-state index contributed by atoms with van der Waals surface area (Å²) in [6.07, 6.45) is 1.13. The number of aliphatic imine (C=N–C) groups is 1. The van der Waals surface area contributed by atoms with Crippen LogP contribution in [0.2, 0.25) is 0 Å². The van der Waals surface area contributed by atoms with Crippen LogP contribution in [0, 0.1) is 0 Å². The summed E-state index contributed by atoms with van der Waals surface area (Å²) in [4.78, 5) is 4.70. The van der Waals surface area contributed by atoms with Gasteiger partial charge in [0.05, 0.1) is 5.69 Å². The molecule has 27 heavy (non-hydrogen) atoms. The third-order valence-electron chi connectivity index (χ3n) is 5.42. The number of hydrogen-bond acceptors (Lipinski definition) is 2. The van der Waals surface area contributed by atoms with Gasteiger partial charge in [-0.25, -0.2) is 4.99 Å². The van der Waals surface area contributed by atoms with Crippen molar-refractivity contribution in [2.45, 2.75) is 32.7 Å². The minimum Gasteiger partial charge on any atom is -0.383 e. The second kappa shape index (κ2) is 7.28. The number of fused-ring (bicyclic) bond motifs is 3. The fraction of sp³-hybridized carbons (Fsp3) is 0.208. The topological polar surface area (TPSA) is 50.4 Å². The molecule has 3 N–H and O–H groups in total. The number of hydrogen-bond donors (Lipinski definition) is 2. The van der Waals surface area contributed by atoms with Gasteiger partial charge in [0.2, 0.25) is 0 Å². The lowest BCUT2D eigenvalue weighted by Crippen LogP contribution is -2.17. The molecule has 1 aliphatic heterocycles. The Morgan fingerprint density at radius 3 is 2.59 bits per heavy atom. The van der Waals surface area contributed by atoms with Gasteiger partial charge in [0.25, 0.3) is 0 Å². The molecule has 1 aliphatic rings. The second-order valence-electron chi connectivity index (χ2n) is 7.14. The quantitative estimate of drug-likeness (QED) is 0.457. The summed E-state index contributed by atoms with van der Waals surface area (Å²) in [5, 5.41) is 3.49. The Morgan fingerprint density at radius 2 is 1.81 bits per heavy atom. The molecule has 0 aromatic heterocycles. The van der Waals surface area contributed by atoms with Gasteiger partial charge in [0, 0.05) is 23.4 Å². The zero-order valence-electron chi connectivity index (χ0n) is 15.9. The molecule has 0 spiro atoms. The van der Waals surface area contributed by atoms with E-state index in [0.29, 0.717) is 11.8 Å². The summed E-state index contributed by atoms with van der Waals surface area (Å²) in [6, 6.07) is 23.0. The monoisotopic (exact) mass is 355 g/mol. The van der Waals surface area contributed by atoms with Gasteiger partial charge in [0.1, 0.15) is 5.84 Å². The maximum Gasteiger partial charge on any atom is 0.132 e. The van der Waals surface area contributed by atoms with Crippen molar-refractivity contribution in [3.63, 3.8) is 0 Å². The molecular formula is C24H25N3. The lowest BCUT2D eigenvalue weighted by molar-refractivity contribution is 0.734. The predicted octanol–water partition coefficient (Wildman–Crippen LogP) is 5.83. The van der Waals surface area contributed by atoms with Gasteiger partial charge in [-0.2, -0.15) is 0 Å². The molecule has 3 aromatic rings. The summed E-state index contributed by atoms with van der Waals surface area (Å²) in [5.74, 6) is 1.10. The molecule has 0 bridgehead atoms. The van der Waals surface area contributed by atoms with Crippen LogP contribution < -0.4 is 11.1 Å². The number of rotatable bonds is 4. The van der Waals surface area contributed by atoms with Crippen molar-refractivity contribution in [1.29, 1.82) is 0 Å². The third kappa shape index (κ3) is 3.33. The average molecular weight is 355 g/mol. The predicted molar refractivity (Wildman–Crippen MR) is 115 cm³/mol. The normalized spacial score (nSPS) is 14.1. The molecule has 1 atom stereocenters. The van der Waals surface area contributed by atoms with Crippen molar-refractivity contribution < 1.29 is 0 Å². The largest absolute Gasteiger partial charge is 0.383 e. The highest BCUT2D eigenvalue weighted by molar-refractivity contribution is 6.08. The van der Waals surface area contributed by atoms with E-state index < -0.39 is 0 Å². The van der Waals surface area contributed by atoms with Crippen LogP contribution in [-0.4, -0.2) is 5.84 Å². The highest BCUT2D eigenvalue weighted by Crippen LogP contribution is 2.38. The maximum absolute atomic E-state index is 6.45. The van der Waals surface area contributed by atoms with E-state index in [0.717, 1.165) is 35.5 Å². The average Bonchev–Trinajstić information content (AvgIpc) is 2.73. The van der Waals surface area contributed by atoms with Crippen molar-refractivity contribution in [1.82, 2.24) is 0 Å². The van der Waals surface area contributed by atoms with Crippen LogP contribution in [0.15, 0.2) is 71.7 Å². The zero-order valence-corrected chi connectivity index (χ0v) is 15.9. The molecule has 3 heteroatoms. The molecule has 3 nitrogen and oxygen atoms in total. The molecule has 3 aromatic carbocycles. The van der Waals surface area contributed by atoms with Crippen molar-refractivity contribution in [3.05, 3.63) is 83.4 Å². The first-order chi connectivity index (χ1) is 13.2. The Bertz CT molecular complexity index is 987. The Morgan fingerprint density at radius 1 is 1.04 bits per heavy atom. The van der Waals surface area contributed by atoms with Gasteiger partial charge < -0.3 is 11.1 Å². The van der Waals surface area contributed by atoms with Crippen LogP contribution in [0.25, 0.3) is 11.1 Å². The second-order valence-corrected chi connectivity index (χ2v) is 7.14. The van der Waals surface area contributed by atoms with Crippen LogP contribution in [0.3, 0.4) is 0 Å². The van der Waals surface area contributed by atoms with Crippen LogP contribution in [0.4, 0.5) is 11.4 Å². The molecule has 0 saturated heterocycles. The summed E-state index contributed by atoms with van der Waals surface area (Å²) in [7, 11) is 0. The van der Waals surface area contributed by atoms with Crippen LogP contribution in [0.1, 0.15) is 42.9 Å². The highest BCUT2D eigenvalue weighted by Gasteiger charge is 2.19. The van der Waals surface area contributed by atoms with Gasteiger partial charge in [-0.1, -0.05) is 62.4 Å². The van der Waals surface area contributed by atoms with Crippen molar-refractivity contribution in [2.75, 3.05) is 5.32 Å². The number of benzene rings is 3. The van der Waals surface area contributed by atoms with E-state index in [2.05, 4.69) is 79.8 Å². The zero-order chi connectivity index (χ0) is 18.8. The molecule has 0 radical (unpaired) electrons. The summed E-state index contributed by atoms with van der Waals surface area (Å²) in [6.45, 7) is 5.28. The van der Waals surface area contributed by atoms with E-state index in [9.17, 15) is 0 Å². The number of amidine groups is 1. The van der Waals surface area contributed by atoms with Gasteiger partial charge in [-0.3, -0.25) is 0 Å². The molecule has 0 fully saturated rings. The van der Waals surface area contributed by atoms with Gasteiger partial charge >= 0.3 is 0 Å². The fourth-order valence-corrected chi connectivity index (χ4v) is 3.62. The maximum atomic E-state index is 6.45. The Kier molecular flexibility index (Phi) is 4.68. The van der Waals surface area contributed by atoms with Crippen molar-refractivity contribution >= 4 is 17.2 Å². The molecule has 0 amide bonds. The molecule has 1 heterocycles. The summed E-state index contributed by atoms with van der Waals surface area (Å²) in [5.41, 5.74) is 14.4. The van der Waals surface area contributed by atoms with Crippen molar-refractivity contribution in [3.8, 4) is 11.1 Å². The minimum atomic E-state index is 0.543. The third-order valence-corrected chi connectivity index (χ3v) is 5.42. The first-order valence-electron chi connectivity index (χ1n) is 9.57. The van der Waals surface area contributed by atoms with E-state index in [1.165, 1.54) is 16.7 Å². The van der Waals surface area contributed by atoms with Crippen LogP contribution >= 0.6 is 0 Å².